The normalized spacial score (nSPS) is 31.2. The summed E-state index contributed by atoms with van der Waals surface area (Å²) in [5.41, 5.74) is 1.46. The lowest BCUT2D eigenvalue weighted by atomic mass is 9.80. The van der Waals surface area contributed by atoms with Crippen LogP contribution >= 0.6 is 0 Å². The predicted octanol–water partition coefficient (Wildman–Crippen LogP) is 3.87. The van der Waals surface area contributed by atoms with Crippen LogP contribution in [0.15, 0.2) is 18.2 Å². The summed E-state index contributed by atoms with van der Waals surface area (Å²) in [6, 6.07) is 6.46. The van der Waals surface area contributed by atoms with Crippen LogP contribution in [0.5, 0.6) is 11.5 Å². The van der Waals surface area contributed by atoms with Gasteiger partial charge in [-0.1, -0.05) is 25.3 Å². The molecule has 0 bridgehead atoms. The van der Waals surface area contributed by atoms with E-state index in [0.29, 0.717) is 5.92 Å². The number of hydrogen-bond acceptors (Lipinski definition) is 3. The van der Waals surface area contributed by atoms with Crippen molar-refractivity contribution < 1.29 is 9.47 Å². The molecule has 1 saturated heterocycles. The Morgan fingerprint density at radius 1 is 1.23 bits per heavy atom. The first-order valence-electron chi connectivity index (χ1n) is 8.89. The Bertz CT molecular complexity index is 538. The van der Waals surface area contributed by atoms with Crippen molar-refractivity contribution in [2.24, 2.45) is 5.92 Å². The van der Waals surface area contributed by atoms with Gasteiger partial charge < -0.3 is 14.8 Å². The van der Waals surface area contributed by atoms with Crippen LogP contribution in [-0.4, -0.2) is 25.3 Å². The van der Waals surface area contributed by atoms with Crippen LogP contribution in [0, 0.1) is 5.92 Å². The summed E-state index contributed by atoms with van der Waals surface area (Å²) in [7, 11) is 0. The molecule has 4 rings (SSSR count). The van der Waals surface area contributed by atoms with Crippen molar-refractivity contribution >= 4 is 0 Å². The van der Waals surface area contributed by atoms with Crippen LogP contribution in [0.25, 0.3) is 0 Å². The predicted molar refractivity (Wildman–Crippen MR) is 87.8 cm³/mol. The summed E-state index contributed by atoms with van der Waals surface area (Å²) in [6.45, 7) is 4.99. The first-order valence-corrected chi connectivity index (χ1v) is 8.89. The standard InChI is InChI=1S/C19H27NO2/c1-19-13-22-18-11-15(21-12-14-5-3-2-4-6-14)7-8-16(18)17(19)9-10-20-19/h7-8,11,14,17,20H,2-6,9-10,12-13H2,1H3/t17-,19+/m0/s1. The number of benzene rings is 1. The fourth-order valence-corrected chi connectivity index (χ4v) is 4.41. The maximum atomic E-state index is 6.05. The Morgan fingerprint density at radius 3 is 2.95 bits per heavy atom. The van der Waals surface area contributed by atoms with Gasteiger partial charge in [-0.3, -0.25) is 0 Å². The summed E-state index contributed by atoms with van der Waals surface area (Å²) in [4.78, 5) is 0. The second kappa shape index (κ2) is 5.77. The molecule has 0 spiro atoms. The molecule has 0 amide bonds. The molecule has 120 valence electrons. The van der Waals surface area contributed by atoms with Gasteiger partial charge in [0.25, 0.3) is 0 Å². The number of hydrogen-bond donors (Lipinski definition) is 1. The van der Waals surface area contributed by atoms with E-state index in [9.17, 15) is 0 Å². The molecule has 3 heteroatoms. The zero-order valence-electron chi connectivity index (χ0n) is 13.6. The maximum Gasteiger partial charge on any atom is 0.126 e. The highest BCUT2D eigenvalue weighted by atomic mass is 16.5. The molecule has 0 unspecified atom stereocenters. The molecule has 2 aliphatic heterocycles. The molecule has 2 fully saturated rings. The maximum absolute atomic E-state index is 6.05. The zero-order valence-corrected chi connectivity index (χ0v) is 13.6. The van der Waals surface area contributed by atoms with Gasteiger partial charge in [0.2, 0.25) is 0 Å². The molecular formula is C19H27NO2. The van der Waals surface area contributed by atoms with E-state index < -0.39 is 0 Å². The van der Waals surface area contributed by atoms with Crippen LogP contribution < -0.4 is 14.8 Å². The van der Waals surface area contributed by atoms with Crippen molar-refractivity contribution in [1.82, 2.24) is 5.32 Å². The van der Waals surface area contributed by atoms with Gasteiger partial charge in [0.05, 0.1) is 12.1 Å². The largest absolute Gasteiger partial charge is 0.493 e. The van der Waals surface area contributed by atoms with E-state index in [0.717, 1.165) is 37.2 Å². The third-order valence-corrected chi connectivity index (χ3v) is 5.83. The fraction of sp³-hybridized carbons (Fsp3) is 0.684. The second-order valence-electron chi connectivity index (χ2n) is 7.49. The lowest BCUT2D eigenvalue weighted by Crippen LogP contribution is -2.48. The smallest absolute Gasteiger partial charge is 0.126 e. The van der Waals surface area contributed by atoms with Crippen molar-refractivity contribution in [3.8, 4) is 11.5 Å². The van der Waals surface area contributed by atoms with E-state index in [1.165, 1.54) is 44.1 Å². The molecular weight excluding hydrogens is 274 g/mol. The molecule has 22 heavy (non-hydrogen) atoms. The minimum atomic E-state index is 0.109. The van der Waals surface area contributed by atoms with Gasteiger partial charge in [0, 0.05) is 12.0 Å². The van der Waals surface area contributed by atoms with E-state index in [-0.39, 0.29) is 5.54 Å². The number of rotatable bonds is 3. The number of ether oxygens (including phenoxy) is 2. The van der Waals surface area contributed by atoms with Crippen molar-refractivity contribution in [2.75, 3.05) is 19.8 Å². The van der Waals surface area contributed by atoms with Gasteiger partial charge in [-0.2, -0.15) is 0 Å². The van der Waals surface area contributed by atoms with Gasteiger partial charge in [-0.25, -0.2) is 0 Å². The summed E-state index contributed by atoms with van der Waals surface area (Å²) in [5, 5.41) is 3.60. The molecule has 0 aromatic heterocycles. The summed E-state index contributed by atoms with van der Waals surface area (Å²) < 4.78 is 12.1. The van der Waals surface area contributed by atoms with Gasteiger partial charge in [-0.05, 0) is 50.3 Å². The van der Waals surface area contributed by atoms with Gasteiger partial charge in [0.15, 0.2) is 0 Å². The van der Waals surface area contributed by atoms with Gasteiger partial charge in [-0.15, -0.1) is 0 Å². The second-order valence-corrected chi connectivity index (χ2v) is 7.49. The van der Waals surface area contributed by atoms with Crippen LogP contribution in [-0.2, 0) is 0 Å². The highest BCUT2D eigenvalue weighted by Gasteiger charge is 2.44. The Labute approximate surface area is 133 Å². The highest BCUT2D eigenvalue weighted by Crippen LogP contribution is 2.45. The quantitative estimate of drug-likeness (QED) is 0.919. The minimum Gasteiger partial charge on any atom is -0.493 e. The van der Waals surface area contributed by atoms with E-state index in [2.05, 4.69) is 30.4 Å². The lowest BCUT2D eigenvalue weighted by Gasteiger charge is -2.37. The SMILES string of the molecule is C[C@@]12COc3cc(OCC4CCCCC4)ccc3[C@@H]1CCN2. The molecule has 1 aromatic carbocycles. The zero-order chi connectivity index (χ0) is 15.0. The van der Waals surface area contributed by atoms with E-state index in [1.54, 1.807) is 0 Å². The van der Waals surface area contributed by atoms with Crippen molar-refractivity contribution in [2.45, 2.75) is 56.9 Å². The molecule has 1 saturated carbocycles. The van der Waals surface area contributed by atoms with Gasteiger partial charge >= 0.3 is 0 Å². The molecule has 1 N–H and O–H groups in total. The first-order chi connectivity index (χ1) is 10.7. The van der Waals surface area contributed by atoms with Crippen LogP contribution in [0.3, 0.4) is 0 Å². The number of fused-ring (bicyclic) bond motifs is 3. The Morgan fingerprint density at radius 2 is 2.09 bits per heavy atom. The lowest BCUT2D eigenvalue weighted by molar-refractivity contribution is 0.168. The summed E-state index contributed by atoms with van der Waals surface area (Å²) in [5.74, 6) is 3.32. The first kappa shape index (κ1) is 14.4. The number of nitrogens with one attached hydrogen (secondary N) is 1. The topological polar surface area (TPSA) is 30.5 Å². The average Bonchev–Trinajstić information content (AvgIpc) is 2.96. The van der Waals surface area contributed by atoms with Crippen molar-refractivity contribution in [3.63, 3.8) is 0 Å². The van der Waals surface area contributed by atoms with E-state index in [4.69, 9.17) is 9.47 Å². The van der Waals surface area contributed by atoms with E-state index in [1.807, 2.05) is 0 Å². The molecule has 3 nitrogen and oxygen atoms in total. The molecule has 2 heterocycles. The molecule has 1 aromatic rings. The molecule has 2 atom stereocenters. The van der Waals surface area contributed by atoms with E-state index >= 15 is 0 Å². The average molecular weight is 301 g/mol. The molecule has 3 aliphatic rings. The van der Waals surface area contributed by atoms with Crippen LogP contribution in [0.1, 0.15) is 56.9 Å². The Hall–Kier alpha value is -1.22. The fourth-order valence-electron chi connectivity index (χ4n) is 4.41. The highest BCUT2D eigenvalue weighted by molar-refractivity contribution is 5.46. The van der Waals surface area contributed by atoms with Crippen LogP contribution in [0.4, 0.5) is 0 Å². The molecule has 0 radical (unpaired) electrons. The molecule has 1 aliphatic carbocycles. The summed E-state index contributed by atoms with van der Waals surface area (Å²) >= 11 is 0. The Balaban J connectivity index is 1.46. The third-order valence-electron chi connectivity index (χ3n) is 5.83. The van der Waals surface area contributed by atoms with Crippen molar-refractivity contribution in [3.05, 3.63) is 23.8 Å². The minimum absolute atomic E-state index is 0.109. The van der Waals surface area contributed by atoms with Crippen molar-refractivity contribution in [1.29, 1.82) is 0 Å². The summed E-state index contributed by atoms with van der Waals surface area (Å²) in [6.07, 6.45) is 8.00. The monoisotopic (exact) mass is 301 g/mol. The van der Waals surface area contributed by atoms with Crippen LogP contribution in [0.2, 0.25) is 0 Å². The van der Waals surface area contributed by atoms with Gasteiger partial charge in [0.1, 0.15) is 18.1 Å². The Kier molecular flexibility index (Phi) is 3.77. The third kappa shape index (κ3) is 2.60.